The van der Waals surface area contributed by atoms with E-state index in [1.807, 2.05) is 4.90 Å². The number of ether oxygens (including phenoxy) is 1. The number of carbonyl (C=O) groups is 1. The summed E-state index contributed by atoms with van der Waals surface area (Å²) in [5.41, 5.74) is 0. The largest absolute Gasteiger partial charge is 0.493 e. The predicted octanol–water partition coefficient (Wildman–Crippen LogP) is 2.35. The first-order valence-electron chi connectivity index (χ1n) is 6.55. The fraction of sp³-hybridized carbons (Fsp3) is 0.500. The standard InChI is InChI=1S/C14H19ClN2O2.ClH/c1-11-10-16-7-8-17(11)14(18)6-9-19-13-4-2-12(15)3-5-13;/h2-5,11,16H,6-10H2,1H3;1H. The van der Waals surface area contributed by atoms with Crippen LogP contribution in [0.5, 0.6) is 5.75 Å². The average Bonchev–Trinajstić information content (AvgIpc) is 2.41. The van der Waals surface area contributed by atoms with Crippen molar-refractivity contribution < 1.29 is 9.53 Å². The van der Waals surface area contributed by atoms with Gasteiger partial charge in [0.25, 0.3) is 0 Å². The van der Waals surface area contributed by atoms with E-state index in [1.54, 1.807) is 24.3 Å². The van der Waals surface area contributed by atoms with Crippen LogP contribution in [0, 0.1) is 0 Å². The summed E-state index contributed by atoms with van der Waals surface area (Å²) >= 11 is 5.79. The lowest BCUT2D eigenvalue weighted by Crippen LogP contribution is -2.52. The molecule has 0 aliphatic carbocycles. The van der Waals surface area contributed by atoms with Crippen molar-refractivity contribution in [3.8, 4) is 5.75 Å². The topological polar surface area (TPSA) is 41.6 Å². The zero-order valence-corrected chi connectivity index (χ0v) is 13.0. The quantitative estimate of drug-likeness (QED) is 0.926. The maximum absolute atomic E-state index is 12.0. The Hall–Kier alpha value is -0.970. The first-order valence-corrected chi connectivity index (χ1v) is 6.93. The molecule has 0 bridgehead atoms. The third-order valence-corrected chi connectivity index (χ3v) is 3.47. The highest BCUT2D eigenvalue weighted by Crippen LogP contribution is 2.15. The van der Waals surface area contributed by atoms with Crippen molar-refractivity contribution >= 4 is 29.9 Å². The van der Waals surface area contributed by atoms with Crippen LogP contribution >= 0.6 is 24.0 Å². The molecule has 112 valence electrons. The summed E-state index contributed by atoms with van der Waals surface area (Å²) in [5, 5.41) is 3.95. The Morgan fingerprint density at radius 2 is 2.15 bits per heavy atom. The second-order valence-electron chi connectivity index (χ2n) is 4.69. The fourth-order valence-corrected chi connectivity index (χ4v) is 2.27. The smallest absolute Gasteiger partial charge is 0.226 e. The molecule has 1 aliphatic heterocycles. The summed E-state index contributed by atoms with van der Waals surface area (Å²) < 4.78 is 5.54. The van der Waals surface area contributed by atoms with Crippen LogP contribution in [0.15, 0.2) is 24.3 Å². The van der Waals surface area contributed by atoms with Crippen LogP contribution < -0.4 is 10.1 Å². The Bertz CT molecular complexity index is 426. The van der Waals surface area contributed by atoms with Gasteiger partial charge in [0, 0.05) is 30.7 Å². The van der Waals surface area contributed by atoms with E-state index in [0.717, 1.165) is 25.4 Å². The third kappa shape index (κ3) is 4.85. The normalized spacial score (nSPS) is 18.3. The Balaban J connectivity index is 0.00000200. The van der Waals surface area contributed by atoms with Gasteiger partial charge in [-0.1, -0.05) is 11.6 Å². The fourth-order valence-electron chi connectivity index (χ4n) is 2.14. The van der Waals surface area contributed by atoms with Crippen molar-refractivity contribution in [2.45, 2.75) is 19.4 Å². The Morgan fingerprint density at radius 1 is 1.45 bits per heavy atom. The molecule has 1 aromatic carbocycles. The molecular weight excluding hydrogens is 299 g/mol. The van der Waals surface area contributed by atoms with Gasteiger partial charge in [0.05, 0.1) is 13.0 Å². The lowest BCUT2D eigenvalue weighted by atomic mass is 10.2. The van der Waals surface area contributed by atoms with E-state index in [-0.39, 0.29) is 24.4 Å². The zero-order valence-electron chi connectivity index (χ0n) is 11.5. The minimum atomic E-state index is 0. The molecule has 1 amide bonds. The van der Waals surface area contributed by atoms with Gasteiger partial charge in [0.15, 0.2) is 0 Å². The Morgan fingerprint density at radius 3 is 2.80 bits per heavy atom. The monoisotopic (exact) mass is 318 g/mol. The van der Waals surface area contributed by atoms with Gasteiger partial charge in [-0.3, -0.25) is 4.79 Å². The molecule has 6 heteroatoms. The number of amides is 1. The predicted molar refractivity (Wildman–Crippen MR) is 82.9 cm³/mol. The van der Waals surface area contributed by atoms with Gasteiger partial charge in [0.1, 0.15) is 5.75 Å². The third-order valence-electron chi connectivity index (χ3n) is 3.22. The summed E-state index contributed by atoms with van der Waals surface area (Å²) in [6.07, 6.45) is 0.410. The maximum atomic E-state index is 12.0. The first-order chi connectivity index (χ1) is 9.16. The van der Waals surface area contributed by atoms with E-state index >= 15 is 0 Å². The molecule has 1 unspecified atom stereocenters. The van der Waals surface area contributed by atoms with Crippen LogP contribution in [0.3, 0.4) is 0 Å². The van der Waals surface area contributed by atoms with Gasteiger partial charge >= 0.3 is 0 Å². The molecule has 20 heavy (non-hydrogen) atoms. The molecule has 4 nitrogen and oxygen atoms in total. The summed E-state index contributed by atoms with van der Waals surface area (Å²) in [6, 6.07) is 7.42. The second-order valence-corrected chi connectivity index (χ2v) is 5.13. The van der Waals surface area contributed by atoms with E-state index in [2.05, 4.69) is 12.2 Å². The van der Waals surface area contributed by atoms with Gasteiger partial charge in [-0.05, 0) is 31.2 Å². The Kier molecular flexibility index (Phi) is 7.13. The number of hydrogen-bond donors (Lipinski definition) is 1. The molecule has 1 N–H and O–H groups in total. The molecule has 0 spiro atoms. The Labute approximate surface area is 130 Å². The van der Waals surface area contributed by atoms with E-state index in [9.17, 15) is 4.79 Å². The molecule has 0 aromatic heterocycles. The van der Waals surface area contributed by atoms with Crippen molar-refractivity contribution in [2.75, 3.05) is 26.2 Å². The summed E-state index contributed by atoms with van der Waals surface area (Å²) in [7, 11) is 0. The number of hydrogen-bond acceptors (Lipinski definition) is 3. The second kappa shape index (κ2) is 8.35. The minimum Gasteiger partial charge on any atom is -0.493 e. The number of carbonyl (C=O) groups excluding carboxylic acids is 1. The number of benzene rings is 1. The van der Waals surface area contributed by atoms with E-state index in [4.69, 9.17) is 16.3 Å². The van der Waals surface area contributed by atoms with Gasteiger partial charge in [0.2, 0.25) is 5.91 Å². The van der Waals surface area contributed by atoms with Crippen LogP contribution in [0.2, 0.25) is 5.02 Å². The number of nitrogens with one attached hydrogen (secondary N) is 1. The van der Waals surface area contributed by atoms with Crippen LogP contribution in [-0.2, 0) is 4.79 Å². The van der Waals surface area contributed by atoms with E-state index in [0.29, 0.717) is 18.1 Å². The number of halogens is 2. The van der Waals surface area contributed by atoms with Crippen molar-refractivity contribution in [3.05, 3.63) is 29.3 Å². The summed E-state index contributed by atoms with van der Waals surface area (Å²) in [5.74, 6) is 0.897. The SMILES string of the molecule is CC1CNCCN1C(=O)CCOc1ccc(Cl)cc1.Cl. The molecule has 1 aromatic rings. The molecule has 1 saturated heterocycles. The lowest BCUT2D eigenvalue weighted by molar-refractivity contribution is -0.134. The number of rotatable bonds is 4. The average molecular weight is 319 g/mol. The van der Waals surface area contributed by atoms with Crippen molar-refractivity contribution in [2.24, 2.45) is 0 Å². The molecule has 0 saturated carbocycles. The van der Waals surface area contributed by atoms with Crippen LogP contribution in [0.1, 0.15) is 13.3 Å². The highest BCUT2D eigenvalue weighted by atomic mass is 35.5. The van der Waals surface area contributed by atoms with Crippen molar-refractivity contribution in [1.82, 2.24) is 10.2 Å². The molecule has 2 rings (SSSR count). The van der Waals surface area contributed by atoms with E-state index < -0.39 is 0 Å². The summed E-state index contributed by atoms with van der Waals surface area (Å²) in [6.45, 7) is 4.97. The molecule has 1 fully saturated rings. The molecule has 1 heterocycles. The van der Waals surface area contributed by atoms with Gasteiger partial charge < -0.3 is 15.0 Å². The minimum absolute atomic E-state index is 0. The summed E-state index contributed by atoms with van der Waals surface area (Å²) in [4.78, 5) is 14.0. The highest BCUT2D eigenvalue weighted by molar-refractivity contribution is 6.30. The molecule has 1 atom stereocenters. The number of piperazine rings is 1. The molecular formula is C14H20Cl2N2O2. The van der Waals surface area contributed by atoms with Crippen molar-refractivity contribution in [3.63, 3.8) is 0 Å². The highest BCUT2D eigenvalue weighted by Gasteiger charge is 2.22. The van der Waals surface area contributed by atoms with Crippen LogP contribution in [0.25, 0.3) is 0 Å². The van der Waals surface area contributed by atoms with Crippen molar-refractivity contribution in [1.29, 1.82) is 0 Å². The lowest BCUT2D eigenvalue weighted by Gasteiger charge is -2.34. The van der Waals surface area contributed by atoms with E-state index in [1.165, 1.54) is 0 Å². The molecule has 1 aliphatic rings. The first kappa shape index (κ1) is 17.1. The zero-order chi connectivity index (χ0) is 13.7. The van der Waals surface area contributed by atoms with Crippen LogP contribution in [0.4, 0.5) is 0 Å². The maximum Gasteiger partial charge on any atom is 0.226 e. The molecule has 0 radical (unpaired) electrons. The van der Waals surface area contributed by atoms with Gasteiger partial charge in [-0.15, -0.1) is 12.4 Å². The van der Waals surface area contributed by atoms with Crippen LogP contribution in [-0.4, -0.2) is 43.1 Å². The van der Waals surface area contributed by atoms with Gasteiger partial charge in [-0.2, -0.15) is 0 Å². The van der Waals surface area contributed by atoms with Gasteiger partial charge in [-0.25, -0.2) is 0 Å². The number of nitrogens with zero attached hydrogens (tertiary/aromatic N) is 1.